The smallest absolute Gasteiger partial charge is 0.131 e. The van der Waals surface area contributed by atoms with E-state index in [1.807, 2.05) is 27.7 Å². The first-order chi connectivity index (χ1) is 10.5. The molecule has 0 saturated heterocycles. The summed E-state index contributed by atoms with van der Waals surface area (Å²) >= 11 is 0. The Hall–Kier alpha value is -1.76. The van der Waals surface area contributed by atoms with Gasteiger partial charge in [-0.3, -0.25) is 0 Å². The molecule has 0 spiro atoms. The van der Waals surface area contributed by atoms with E-state index in [0.717, 1.165) is 11.5 Å². The lowest BCUT2D eigenvalue weighted by Gasteiger charge is -2.34. The van der Waals surface area contributed by atoms with Crippen LogP contribution in [0.15, 0.2) is 36.4 Å². The minimum Gasteiger partial charge on any atom is -0.457 e. The Kier molecular flexibility index (Phi) is 6.22. The highest BCUT2D eigenvalue weighted by Gasteiger charge is 2.33. The van der Waals surface area contributed by atoms with Crippen LogP contribution in [0.4, 0.5) is 0 Å². The van der Waals surface area contributed by atoms with Crippen LogP contribution in [0, 0.1) is 13.8 Å². The molecule has 1 aliphatic heterocycles. The average molecular weight is 298 g/mol. The Labute approximate surface area is 136 Å². The van der Waals surface area contributed by atoms with Crippen LogP contribution in [0.25, 0.3) is 0 Å². The van der Waals surface area contributed by atoms with Crippen molar-refractivity contribution in [3.63, 3.8) is 0 Å². The normalized spacial score (nSPS) is 13.3. The molecule has 0 N–H and O–H groups in total. The molecular formula is C21H30O. The molecule has 1 heteroatoms. The Morgan fingerprint density at radius 1 is 0.682 bits per heavy atom. The number of benzene rings is 2. The van der Waals surface area contributed by atoms with Gasteiger partial charge in [0.2, 0.25) is 0 Å². The molecule has 0 aliphatic carbocycles. The second-order valence-corrected chi connectivity index (χ2v) is 5.73. The minimum atomic E-state index is 0.00428. The first kappa shape index (κ1) is 18.3. The van der Waals surface area contributed by atoms with Crippen molar-refractivity contribution in [1.29, 1.82) is 0 Å². The van der Waals surface area contributed by atoms with Gasteiger partial charge in [0.1, 0.15) is 11.5 Å². The molecule has 2 aromatic carbocycles. The van der Waals surface area contributed by atoms with Crippen molar-refractivity contribution >= 4 is 0 Å². The molecule has 0 amide bonds. The number of ether oxygens (including phenoxy) is 1. The molecule has 0 bridgehead atoms. The first-order valence-corrected chi connectivity index (χ1v) is 8.38. The van der Waals surface area contributed by atoms with E-state index in [4.69, 9.17) is 4.74 Å². The summed E-state index contributed by atoms with van der Waals surface area (Å²) in [6.07, 6.45) is 0. The molecule has 0 unspecified atom stereocenters. The van der Waals surface area contributed by atoms with Crippen molar-refractivity contribution in [1.82, 2.24) is 0 Å². The van der Waals surface area contributed by atoms with Crippen LogP contribution in [0.1, 0.15) is 63.8 Å². The van der Waals surface area contributed by atoms with E-state index in [-0.39, 0.29) is 5.41 Å². The lowest BCUT2D eigenvalue weighted by molar-refractivity contribution is 0.417. The summed E-state index contributed by atoms with van der Waals surface area (Å²) < 4.78 is 6.07. The van der Waals surface area contributed by atoms with Gasteiger partial charge in [-0.2, -0.15) is 0 Å². The zero-order valence-electron chi connectivity index (χ0n) is 15.4. The highest BCUT2D eigenvalue weighted by Crippen LogP contribution is 2.48. The van der Waals surface area contributed by atoms with E-state index >= 15 is 0 Å². The van der Waals surface area contributed by atoms with Crippen molar-refractivity contribution in [2.75, 3.05) is 0 Å². The summed E-state index contributed by atoms with van der Waals surface area (Å²) in [6, 6.07) is 12.9. The molecule has 0 radical (unpaired) electrons. The predicted octanol–water partition coefficient (Wildman–Crippen LogP) is 6.79. The SMILES string of the molecule is CC.CC.Cc1ccc2c(c1)Oc1cc(C)ccc1C2(C)C. The summed E-state index contributed by atoms with van der Waals surface area (Å²) in [5, 5.41) is 0. The van der Waals surface area contributed by atoms with Crippen LogP contribution in [0.5, 0.6) is 11.5 Å². The Morgan fingerprint density at radius 2 is 1.05 bits per heavy atom. The zero-order valence-corrected chi connectivity index (χ0v) is 15.4. The largest absolute Gasteiger partial charge is 0.457 e. The lowest BCUT2D eigenvalue weighted by Crippen LogP contribution is -2.24. The molecule has 3 rings (SSSR count). The maximum absolute atomic E-state index is 6.07. The number of fused-ring (bicyclic) bond motifs is 2. The van der Waals surface area contributed by atoms with E-state index in [1.54, 1.807) is 0 Å². The van der Waals surface area contributed by atoms with Gasteiger partial charge in [0.25, 0.3) is 0 Å². The van der Waals surface area contributed by atoms with E-state index in [9.17, 15) is 0 Å². The summed E-state index contributed by atoms with van der Waals surface area (Å²) in [6.45, 7) is 16.7. The van der Waals surface area contributed by atoms with Crippen LogP contribution in [-0.2, 0) is 5.41 Å². The summed E-state index contributed by atoms with van der Waals surface area (Å²) in [7, 11) is 0. The third kappa shape index (κ3) is 3.35. The van der Waals surface area contributed by atoms with Crippen LogP contribution < -0.4 is 4.74 Å². The molecular weight excluding hydrogens is 268 g/mol. The maximum Gasteiger partial charge on any atom is 0.131 e. The third-order valence-electron chi connectivity index (χ3n) is 3.84. The second kappa shape index (κ2) is 7.49. The van der Waals surface area contributed by atoms with Crippen molar-refractivity contribution < 1.29 is 4.74 Å². The molecule has 22 heavy (non-hydrogen) atoms. The fourth-order valence-electron chi connectivity index (χ4n) is 2.72. The van der Waals surface area contributed by atoms with Crippen LogP contribution in [-0.4, -0.2) is 0 Å². The minimum absolute atomic E-state index is 0.00428. The molecule has 120 valence electrons. The maximum atomic E-state index is 6.07. The third-order valence-corrected chi connectivity index (χ3v) is 3.84. The number of hydrogen-bond donors (Lipinski definition) is 0. The van der Waals surface area contributed by atoms with Gasteiger partial charge in [0, 0.05) is 16.5 Å². The van der Waals surface area contributed by atoms with E-state index < -0.39 is 0 Å². The molecule has 0 saturated carbocycles. The quantitative estimate of drug-likeness (QED) is 0.520. The topological polar surface area (TPSA) is 9.23 Å². The van der Waals surface area contributed by atoms with Gasteiger partial charge < -0.3 is 4.74 Å². The number of aryl methyl sites for hydroxylation is 2. The van der Waals surface area contributed by atoms with Gasteiger partial charge >= 0.3 is 0 Å². The van der Waals surface area contributed by atoms with Gasteiger partial charge in [-0.15, -0.1) is 0 Å². The van der Waals surface area contributed by atoms with Crippen molar-refractivity contribution in [3.8, 4) is 11.5 Å². The molecule has 2 aromatic rings. The highest BCUT2D eigenvalue weighted by molar-refractivity contribution is 5.57. The fraction of sp³-hybridized carbons (Fsp3) is 0.429. The van der Waals surface area contributed by atoms with Crippen molar-refractivity contribution in [2.24, 2.45) is 0 Å². The number of rotatable bonds is 0. The lowest BCUT2D eigenvalue weighted by atomic mass is 9.75. The molecule has 1 nitrogen and oxygen atoms in total. The van der Waals surface area contributed by atoms with Gasteiger partial charge in [-0.1, -0.05) is 65.8 Å². The highest BCUT2D eigenvalue weighted by atomic mass is 16.5. The van der Waals surface area contributed by atoms with E-state index in [1.165, 1.54) is 22.3 Å². The predicted molar refractivity (Wildman–Crippen MR) is 97.3 cm³/mol. The van der Waals surface area contributed by atoms with Crippen molar-refractivity contribution in [3.05, 3.63) is 58.7 Å². The standard InChI is InChI=1S/C17H18O.2C2H6/c1-11-5-7-13-15(9-11)18-16-10-12(2)6-8-14(16)17(13,3)4;2*1-2/h5-10H,1-4H3;2*1-2H3. The van der Waals surface area contributed by atoms with Gasteiger partial charge in [0.05, 0.1) is 0 Å². The van der Waals surface area contributed by atoms with Crippen molar-refractivity contribution in [2.45, 2.75) is 60.8 Å². The number of hydrogen-bond acceptors (Lipinski definition) is 1. The molecule has 0 atom stereocenters. The monoisotopic (exact) mass is 298 g/mol. The van der Waals surface area contributed by atoms with Crippen LogP contribution in [0.3, 0.4) is 0 Å². The Balaban J connectivity index is 0.000000561. The average Bonchev–Trinajstić information content (AvgIpc) is 2.50. The van der Waals surface area contributed by atoms with Gasteiger partial charge in [-0.05, 0) is 37.1 Å². The zero-order chi connectivity index (χ0) is 16.9. The Morgan fingerprint density at radius 3 is 1.41 bits per heavy atom. The Bertz CT molecular complexity index is 570. The molecule has 0 fully saturated rings. The molecule has 1 aliphatic rings. The van der Waals surface area contributed by atoms with Gasteiger partial charge in [0.15, 0.2) is 0 Å². The van der Waals surface area contributed by atoms with E-state index in [2.05, 4.69) is 64.1 Å². The summed E-state index contributed by atoms with van der Waals surface area (Å²) in [4.78, 5) is 0. The summed E-state index contributed by atoms with van der Waals surface area (Å²) in [5.41, 5.74) is 5.01. The van der Waals surface area contributed by atoms with Crippen LogP contribution in [0.2, 0.25) is 0 Å². The van der Waals surface area contributed by atoms with Gasteiger partial charge in [-0.25, -0.2) is 0 Å². The molecule has 1 heterocycles. The molecule has 0 aromatic heterocycles. The second-order valence-electron chi connectivity index (χ2n) is 5.73. The summed E-state index contributed by atoms with van der Waals surface area (Å²) in [5.74, 6) is 2.00. The first-order valence-electron chi connectivity index (χ1n) is 8.38. The fourth-order valence-corrected chi connectivity index (χ4v) is 2.72. The van der Waals surface area contributed by atoms with E-state index in [0.29, 0.717) is 0 Å². The van der Waals surface area contributed by atoms with Crippen LogP contribution >= 0.6 is 0 Å².